The van der Waals surface area contributed by atoms with Crippen LogP contribution < -0.4 is 0 Å². The van der Waals surface area contributed by atoms with Crippen molar-refractivity contribution in [3.63, 3.8) is 0 Å². The van der Waals surface area contributed by atoms with Crippen LogP contribution in [0.15, 0.2) is 24.3 Å². The van der Waals surface area contributed by atoms with E-state index in [0.717, 1.165) is 19.3 Å². The molecule has 0 aromatic rings. The Morgan fingerprint density at radius 1 is 1.00 bits per heavy atom. The molecule has 0 atom stereocenters. The van der Waals surface area contributed by atoms with E-state index < -0.39 is 5.79 Å². The molecule has 0 aliphatic carbocycles. The van der Waals surface area contributed by atoms with Crippen LogP contribution in [-0.4, -0.2) is 16.0 Å². The lowest BCUT2D eigenvalue weighted by Gasteiger charge is -2.16. The van der Waals surface area contributed by atoms with Gasteiger partial charge in [-0.05, 0) is 18.9 Å². The Morgan fingerprint density at radius 3 is 2.27 bits per heavy atom. The zero-order valence-electron chi connectivity index (χ0n) is 9.95. The number of aliphatic hydroxyl groups is 2. The van der Waals surface area contributed by atoms with Gasteiger partial charge in [0, 0.05) is 6.42 Å². The minimum atomic E-state index is -1.63. The van der Waals surface area contributed by atoms with Gasteiger partial charge in [0.05, 0.1) is 0 Å². The Bertz CT molecular complexity index is 193. The average Bonchev–Trinajstić information content (AvgIpc) is 2.20. The Hall–Kier alpha value is -0.600. The van der Waals surface area contributed by atoms with E-state index in [-0.39, 0.29) is 0 Å². The van der Waals surface area contributed by atoms with E-state index in [0.29, 0.717) is 6.42 Å². The van der Waals surface area contributed by atoms with Crippen molar-refractivity contribution in [2.24, 2.45) is 0 Å². The van der Waals surface area contributed by atoms with Gasteiger partial charge in [-0.15, -0.1) is 0 Å². The summed E-state index contributed by atoms with van der Waals surface area (Å²) in [5, 5.41) is 19.0. The van der Waals surface area contributed by atoms with E-state index in [4.69, 9.17) is 0 Å². The smallest absolute Gasteiger partial charge is 0.182 e. The number of allylic oxidation sites excluding steroid dienone is 3. The number of unbranched alkanes of at least 4 members (excludes halogenated alkanes) is 3. The summed E-state index contributed by atoms with van der Waals surface area (Å²) in [5.41, 5.74) is 0. The quantitative estimate of drug-likeness (QED) is 0.368. The largest absolute Gasteiger partial charge is 0.362 e. The summed E-state index contributed by atoms with van der Waals surface area (Å²) in [7, 11) is 0. The molecule has 0 rings (SSSR count). The second-order valence-corrected chi connectivity index (χ2v) is 3.91. The lowest BCUT2D eigenvalue weighted by atomic mass is 10.1. The van der Waals surface area contributed by atoms with E-state index >= 15 is 0 Å². The average molecular weight is 212 g/mol. The van der Waals surface area contributed by atoms with Gasteiger partial charge in [0.2, 0.25) is 0 Å². The van der Waals surface area contributed by atoms with Gasteiger partial charge in [0.25, 0.3) is 0 Å². The molecule has 0 heterocycles. The van der Waals surface area contributed by atoms with E-state index in [1.807, 2.05) is 13.0 Å². The standard InChI is InChI=1S/C13H24O2/c1-3-5-7-8-9-10-12-13(14,15)11-6-4-2/h8-10,12,14-15H,3-7,11H2,1-2H3. The molecule has 15 heavy (non-hydrogen) atoms. The molecular formula is C13H24O2. The second kappa shape index (κ2) is 8.69. The van der Waals surface area contributed by atoms with Crippen LogP contribution in [0.1, 0.15) is 52.4 Å². The first-order valence-electron chi connectivity index (χ1n) is 5.91. The molecule has 0 bridgehead atoms. The van der Waals surface area contributed by atoms with Crippen molar-refractivity contribution in [1.82, 2.24) is 0 Å². The zero-order chi connectivity index (χ0) is 11.6. The Labute approximate surface area is 93.3 Å². The monoisotopic (exact) mass is 212 g/mol. The second-order valence-electron chi connectivity index (χ2n) is 3.91. The molecule has 0 amide bonds. The molecule has 0 saturated carbocycles. The van der Waals surface area contributed by atoms with Crippen LogP contribution in [-0.2, 0) is 0 Å². The molecule has 2 N–H and O–H groups in total. The molecule has 0 radical (unpaired) electrons. The van der Waals surface area contributed by atoms with Crippen LogP contribution in [0.4, 0.5) is 0 Å². The Morgan fingerprint density at radius 2 is 1.67 bits per heavy atom. The maximum absolute atomic E-state index is 9.48. The third kappa shape index (κ3) is 9.70. The fourth-order valence-electron chi connectivity index (χ4n) is 1.23. The summed E-state index contributed by atoms with van der Waals surface area (Å²) < 4.78 is 0. The van der Waals surface area contributed by atoms with E-state index in [9.17, 15) is 10.2 Å². The van der Waals surface area contributed by atoms with Gasteiger partial charge in [-0.25, -0.2) is 0 Å². The maximum atomic E-state index is 9.48. The van der Waals surface area contributed by atoms with Gasteiger partial charge in [0.1, 0.15) is 0 Å². The molecule has 88 valence electrons. The predicted molar refractivity (Wildman–Crippen MR) is 64.5 cm³/mol. The van der Waals surface area contributed by atoms with Crippen molar-refractivity contribution in [3.8, 4) is 0 Å². The minimum absolute atomic E-state index is 0.406. The fourth-order valence-corrected chi connectivity index (χ4v) is 1.23. The summed E-state index contributed by atoms with van der Waals surface area (Å²) in [6.07, 6.45) is 12.7. The van der Waals surface area contributed by atoms with Crippen LogP contribution in [0.5, 0.6) is 0 Å². The van der Waals surface area contributed by atoms with E-state index in [1.54, 1.807) is 6.08 Å². The van der Waals surface area contributed by atoms with Crippen molar-refractivity contribution in [2.75, 3.05) is 0 Å². The topological polar surface area (TPSA) is 40.5 Å². The fraction of sp³-hybridized carbons (Fsp3) is 0.692. The number of hydrogen-bond acceptors (Lipinski definition) is 2. The molecule has 2 heteroatoms. The van der Waals surface area contributed by atoms with Crippen molar-refractivity contribution >= 4 is 0 Å². The van der Waals surface area contributed by atoms with Crippen molar-refractivity contribution in [1.29, 1.82) is 0 Å². The highest BCUT2D eigenvalue weighted by molar-refractivity contribution is 5.06. The van der Waals surface area contributed by atoms with E-state index in [1.165, 1.54) is 18.9 Å². The first-order valence-corrected chi connectivity index (χ1v) is 5.91. The number of hydrogen-bond donors (Lipinski definition) is 2. The van der Waals surface area contributed by atoms with Crippen LogP contribution in [0, 0.1) is 0 Å². The molecule has 0 saturated heterocycles. The minimum Gasteiger partial charge on any atom is -0.362 e. The first-order chi connectivity index (χ1) is 7.12. The Kier molecular flexibility index (Phi) is 8.34. The van der Waals surface area contributed by atoms with Crippen molar-refractivity contribution < 1.29 is 10.2 Å². The van der Waals surface area contributed by atoms with Crippen LogP contribution in [0.25, 0.3) is 0 Å². The van der Waals surface area contributed by atoms with Gasteiger partial charge in [-0.1, -0.05) is 51.3 Å². The van der Waals surface area contributed by atoms with Crippen LogP contribution in [0.3, 0.4) is 0 Å². The molecule has 0 aromatic heterocycles. The van der Waals surface area contributed by atoms with Crippen molar-refractivity contribution in [2.45, 2.75) is 58.2 Å². The zero-order valence-corrected chi connectivity index (χ0v) is 9.95. The normalized spacial score (nSPS) is 13.1. The molecule has 2 nitrogen and oxygen atoms in total. The maximum Gasteiger partial charge on any atom is 0.182 e. The molecule has 0 unspecified atom stereocenters. The summed E-state index contributed by atoms with van der Waals surface area (Å²) in [4.78, 5) is 0. The highest BCUT2D eigenvalue weighted by Crippen LogP contribution is 2.12. The highest BCUT2D eigenvalue weighted by Gasteiger charge is 2.16. The first kappa shape index (κ1) is 14.4. The SMILES string of the molecule is CCCCC=CC=CC(O)(O)CCCC. The molecule has 0 aliphatic rings. The molecule has 0 spiro atoms. The van der Waals surface area contributed by atoms with Gasteiger partial charge in [-0.3, -0.25) is 0 Å². The summed E-state index contributed by atoms with van der Waals surface area (Å²) >= 11 is 0. The summed E-state index contributed by atoms with van der Waals surface area (Å²) in [5.74, 6) is -1.63. The van der Waals surface area contributed by atoms with Crippen molar-refractivity contribution in [3.05, 3.63) is 24.3 Å². The molecular weight excluding hydrogens is 188 g/mol. The Balaban J connectivity index is 3.77. The molecule has 0 fully saturated rings. The van der Waals surface area contributed by atoms with Crippen LogP contribution in [0.2, 0.25) is 0 Å². The molecule has 0 aromatic carbocycles. The van der Waals surface area contributed by atoms with Crippen LogP contribution >= 0.6 is 0 Å². The predicted octanol–water partition coefficient (Wildman–Crippen LogP) is 3.16. The summed E-state index contributed by atoms with van der Waals surface area (Å²) in [6, 6.07) is 0. The number of rotatable bonds is 8. The molecule has 0 aliphatic heterocycles. The lowest BCUT2D eigenvalue weighted by Crippen LogP contribution is -2.24. The van der Waals surface area contributed by atoms with Gasteiger partial charge in [-0.2, -0.15) is 0 Å². The summed E-state index contributed by atoms with van der Waals surface area (Å²) in [6.45, 7) is 4.19. The third-order valence-corrected chi connectivity index (χ3v) is 2.23. The third-order valence-electron chi connectivity index (χ3n) is 2.23. The lowest BCUT2D eigenvalue weighted by molar-refractivity contribution is -0.123. The van der Waals surface area contributed by atoms with Gasteiger partial charge < -0.3 is 10.2 Å². The van der Waals surface area contributed by atoms with Gasteiger partial charge >= 0.3 is 0 Å². The van der Waals surface area contributed by atoms with Gasteiger partial charge in [0.15, 0.2) is 5.79 Å². The highest BCUT2D eigenvalue weighted by atomic mass is 16.5. The van der Waals surface area contributed by atoms with E-state index in [2.05, 4.69) is 13.0 Å².